The van der Waals surface area contributed by atoms with E-state index >= 15 is 0 Å². The molecule has 21 heavy (non-hydrogen) atoms. The van der Waals surface area contributed by atoms with E-state index in [1.54, 1.807) is 0 Å². The monoisotopic (exact) mass is 330 g/mol. The van der Waals surface area contributed by atoms with Crippen LogP contribution in [0.3, 0.4) is 0 Å². The van der Waals surface area contributed by atoms with Crippen LogP contribution in [0.4, 0.5) is 10.1 Å². The number of nitrogens with one attached hydrogen (secondary N) is 1. The summed E-state index contributed by atoms with van der Waals surface area (Å²) in [5, 5.41) is 5.02. The number of rotatable bonds is 4. The molecule has 0 saturated heterocycles. The summed E-state index contributed by atoms with van der Waals surface area (Å²) in [5.74, 6) is -0.724. The first kappa shape index (κ1) is 15.4. The standard InChI is InChI=1S/C12H11FN2O4S2/c13-9-4-3-5-10(8-9)21(18,19)15-11-6-1-2-7-12(11)20(14,16)17/h1-8,15H,(H2,14,16,17). The van der Waals surface area contributed by atoms with Gasteiger partial charge in [0.1, 0.15) is 10.7 Å². The average Bonchev–Trinajstić information content (AvgIpc) is 2.37. The molecule has 0 fully saturated rings. The molecule has 6 nitrogen and oxygen atoms in total. The fourth-order valence-corrected chi connectivity index (χ4v) is 3.51. The molecule has 0 spiro atoms. The van der Waals surface area contributed by atoms with Gasteiger partial charge in [-0.1, -0.05) is 18.2 Å². The van der Waals surface area contributed by atoms with Crippen LogP contribution in [0.1, 0.15) is 0 Å². The first-order valence-electron chi connectivity index (χ1n) is 5.60. The Kier molecular flexibility index (Phi) is 3.99. The van der Waals surface area contributed by atoms with Crippen molar-refractivity contribution in [3.05, 3.63) is 54.3 Å². The minimum absolute atomic E-state index is 0.204. The van der Waals surface area contributed by atoms with Gasteiger partial charge in [0.25, 0.3) is 10.0 Å². The number of halogens is 1. The summed E-state index contributed by atoms with van der Waals surface area (Å²) in [6, 6.07) is 9.59. The molecule has 0 saturated carbocycles. The Labute approximate surface area is 121 Å². The second kappa shape index (κ2) is 5.43. The predicted octanol–water partition coefficient (Wildman–Crippen LogP) is 1.27. The fourth-order valence-electron chi connectivity index (χ4n) is 1.64. The number of primary sulfonamides is 1. The topological polar surface area (TPSA) is 106 Å². The van der Waals surface area contributed by atoms with Crippen LogP contribution in [0, 0.1) is 5.82 Å². The highest BCUT2D eigenvalue weighted by atomic mass is 32.2. The zero-order valence-electron chi connectivity index (χ0n) is 10.5. The first-order valence-corrected chi connectivity index (χ1v) is 8.63. The van der Waals surface area contributed by atoms with Crippen molar-refractivity contribution in [2.24, 2.45) is 5.14 Å². The fraction of sp³-hybridized carbons (Fsp3) is 0. The molecule has 2 aromatic carbocycles. The maximum Gasteiger partial charge on any atom is 0.262 e. The Morgan fingerprint density at radius 3 is 2.24 bits per heavy atom. The van der Waals surface area contributed by atoms with Gasteiger partial charge < -0.3 is 0 Å². The number of sulfonamides is 2. The number of hydrogen-bond donors (Lipinski definition) is 2. The lowest BCUT2D eigenvalue weighted by atomic mass is 10.3. The lowest BCUT2D eigenvalue weighted by Crippen LogP contribution is -2.18. The maximum absolute atomic E-state index is 13.1. The summed E-state index contributed by atoms with van der Waals surface area (Å²) in [5.41, 5.74) is -0.204. The normalized spacial score (nSPS) is 12.1. The van der Waals surface area contributed by atoms with Crippen molar-refractivity contribution in [1.82, 2.24) is 0 Å². The molecule has 112 valence electrons. The summed E-state index contributed by atoms with van der Waals surface area (Å²) in [6.45, 7) is 0. The summed E-state index contributed by atoms with van der Waals surface area (Å²) in [6.07, 6.45) is 0. The lowest BCUT2D eigenvalue weighted by molar-refractivity contribution is 0.595. The molecule has 0 amide bonds. The Bertz CT molecular complexity index is 880. The molecule has 0 aliphatic rings. The van der Waals surface area contributed by atoms with Crippen molar-refractivity contribution in [2.45, 2.75) is 9.79 Å². The van der Waals surface area contributed by atoms with E-state index in [2.05, 4.69) is 4.72 Å². The molecule has 0 atom stereocenters. The molecule has 0 heterocycles. The Hall–Kier alpha value is -1.97. The van der Waals surface area contributed by atoms with E-state index in [1.807, 2.05) is 0 Å². The Morgan fingerprint density at radius 1 is 0.952 bits per heavy atom. The Morgan fingerprint density at radius 2 is 1.62 bits per heavy atom. The van der Waals surface area contributed by atoms with E-state index < -0.39 is 25.9 Å². The third kappa shape index (κ3) is 3.57. The molecule has 0 radical (unpaired) electrons. The average molecular weight is 330 g/mol. The zero-order chi connectivity index (χ0) is 15.7. The highest BCUT2D eigenvalue weighted by Gasteiger charge is 2.20. The molecular formula is C12H11FN2O4S2. The highest BCUT2D eigenvalue weighted by molar-refractivity contribution is 7.93. The molecule has 3 N–H and O–H groups in total. The number of nitrogens with two attached hydrogens (primary N) is 1. The van der Waals surface area contributed by atoms with Gasteiger partial charge in [-0.15, -0.1) is 0 Å². The maximum atomic E-state index is 13.1. The molecule has 0 unspecified atom stereocenters. The van der Waals surface area contributed by atoms with Crippen molar-refractivity contribution in [3.8, 4) is 0 Å². The SMILES string of the molecule is NS(=O)(=O)c1ccccc1NS(=O)(=O)c1cccc(F)c1. The molecule has 2 rings (SSSR count). The van der Waals surface area contributed by atoms with E-state index in [0.717, 1.165) is 12.1 Å². The second-order valence-corrected chi connectivity index (χ2v) is 7.32. The number of hydrogen-bond acceptors (Lipinski definition) is 4. The van der Waals surface area contributed by atoms with Crippen molar-refractivity contribution >= 4 is 25.7 Å². The van der Waals surface area contributed by atoms with Crippen molar-refractivity contribution in [2.75, 3.05) is 4.72 Å². The highest BCUT2D eigenvalue weighted by Crippen LogP contribution is 2.23. The first-order chi connectivity index (χ1) is 9.70. The number of benzene rings is 2. The van der Waals surface area contributed by atoms with E-state index in [1.165, 1.54) is 36.4 Å². The van der Waals surface area contributed by atoms with Gasteiger partial charge in [0.2, 0.25) is 10.0 Å². The summed E-state index contributed by atoms with van der Waals surface area (Å²) in [4.78, 5) is -0.697. The van der Waals surface area contributed by atoms with Gasteiger partial charge in [-0.3, -0.25) is 4.72 Å². The molecular weight excluding hydrogens is 319 g/mol. The van der Waals surface area contributed by atoms with Crippen molar-refractivity contribution in [1.29, 1.82) is 0 Å². The molecule has 9 heteroatoms. The minimum atomic E-state index is -4.13. The number of anilines is 1. The van der Waals surface area contributed by atoms with E-state index in [4.69, 9.17) is 5.14 Å². The van der Waals surface area contributed by atoms with Crippen LogP contribution >= 0.6 is 0 Å². The van der Waals surface area contributed by atoms with Gasteiger partial charge in [-0.25, -0.2) is 26.4 Å². The van der Waals surface area contributed by atoms with Crippen molar-refractivity contribution < 1.29 is 21.2 Å². The second-order valence-electron chi connectivity index (χ2n) is 4.10. The molecule has 0 bridgehead atoms. The van der Waals surface area contributed by atoms with Gasteiger partial charge in [0.05, 0.1) is 10.6 Å². The third-order valence-electron chi connectivity index (χ3n) is 2.54. The van der Waals surface area contributed by atoms with E-state index in [9.17, 15) is 21.2 Å². The molecule has 2 aromatic rings. The van der Waals surface area contributed by atoms with E-state index in [-0.39, 0.29) is 15.5 Å². The van der Waals surface area contributed by atoms with Crippen LogP contribution in [-0.2, 0) is 20.0 Å². The lowest BCUT2D eigenvalue weighted by Gasteiger charge is -2.11. The van der Waals surface area contributed by atoms with Gasteiger partial charge >= 0.3 is 0 Å². The van der Waals surface area contributed by atoms with E-state index in [0.29, 0.717) is 0 Å². The van der Waals surface area contributed by atoms with Gasteiger partial charge in [0.15, 0.2) is 0 Å². The molecule has 0 aliphatic carbocycles. The zero-order valence-corrected chi connectivity index (χ0v) is 12.2. The van der Waals surface area contributed by atoms with Gasteiger partial charge in [-0.2, -0.15) is 0 Å². The smallest absolute Gasteiger partial charge is 0.262 e. The Balaban J connectivity index is 2.48. The third-order valence-corrected chi connectivity index (χ3v) is 4.88. The molecule has 0 aromatic heterocycles. The van der Waals surface area contributed by atoms with Crippen LogP contribution in [-0.4, -0.2) is 16.8 Å². The van der Waals surface area contributed by atoms with Gasteiger partial charge in [-0.05, 0) is 30.3 Å². The van der Waals surface area contributed by atoms with Crippen LogP contribution in [0.5, 0.6) is 0 Å². The molecule has 0 aliphatic heterocycles. The van der Waals surface area contributed by atoms with Crippen molar-refractivity contribution in [3.63, 3.8) is 0 Å². The largest absolute Gasteiger partial charge is 0.278 e. The minimum Gasteiger partial charge on any atom is -0.278 e. The van der Waals surface area contributed by atoms with Crippen LogP contribution < -0.4 is 9.86 Å². The van der Waals surface area contributed by atoms with Crippen LogP contribution in [0.25, 0.3) is 0 Å². The van der Waals surface area contributed by atoms with Crippen LogP contribution in [0.15, 0.2) is 58.3 Å². The quantitative estimate of drug-likeness (QED) is 0.880. The summed E-state index contributed by atoms with van der Waals surface area (Å²) >= 11 is 0. The van der Waals surface area contributed by atoms with Gasteiger partial charge in [0, 0.05) is 0 Å². The summed E-state index contributed by atoms with van der Waals surface area (Å²) in [7, 11) is -8.23. The summed E-state index contributed by atoms with van der Waals surface area (Å²) < 4.78 is 62.2. The predicted molar refractivity (Wildman–Crippen MR) is 75.0 cm³/mol. The number of para-hydroxylation sites is 1. The van der Waals surface area contributed by atoms with Crippen LogP contribution in [0.2, 0.25) is 0 Å².